The molecule has 114 valence electrons. The van der Waals surface area contributed by atoms with Gasteiger partial charge >= 0.3 is 5.97 Å². The standard InChI is InChI=1S/C16H19Cl2NO2/c1-5-11(16(20)21-4)13(9-10(2)19-3)12-7-6-8-14(17)15(12)18/h6-9,19H,5H2,1-4H3/b10-9-,13-11-. The molecule has 0 spiro atoms. The number of halogens is 2. The molecule has 0 aliphatic rings. The predicted molar refractivity (Wildman–Crippen MR) is 88.5 cm³/mol. The fourth-order valence-electron chi connectivity index (χ4n) is 1.90. The van der Waals surface area contributed by atoms with Crippen LogP contribution in [-0.2, 0) is 9.53 Å². The van der Waals surface area contributed by atoms with Gasteiger partial charge in [0.15, 0.2) is 0 Å². The number of rotatable bonds is 5. The molecule has 5 heteroatoms. The van der Waals surface area contributed by atoms with Crippen molar-refractivity contribution < 1.29 is 9.53 Å². The summed E-state index contributed by atoms with van der Waals surface area (Å²) >= 11 is 12.4. The van der Waals surface area contributed by atoms with E-state index in [0.717, 1.165) is 5.70 Å². The predicted octanol–water partition coefficient (Wildman–Crippen LogP) is 4.45. The zero-order chi connectivity index (χ0) is 16.0. The Labute approximate surface area is 135 Å². The number of methoxy groups -OCH3 is 1. The van der Waals surface area contributed by atoms with Crippen LogP contribution in [0.3, 0.4) is 0 Å². The van der Waals surface area contributed by atoms with Crippen molar-refractivity contribution in [1.82, 2.24) is 5.32 Å². The van der Waals surface area contributed by atoms with Crippen LogP contribution in [0, 0.1) is 0 Å². The summed E-state index contributed by atoms with van der Waals surface area (Å²) in [5.74, 6) is -0.372. The van der Waals surface area contributed by atoms with Gasteiger partial charge in [0.25, 0.3) is 0 Å². The molecule has 1 rings (SSSR count). The van der Waals surface area contributed by atoms with Crippen LogP contribution in [0.2, 0.25) is 10.0 Å². The lowest BCUT2D eigenvalue weighted by Crippen LogP contribution is -2.08. The third-order valence-electron chi connectivity index (χ3n) is 3.11. The highest BCUT2D eigenvalue weighted by Crippen LogP contribution is 2.34. The van der Waals surface area contributed by atoms with E-state index in [1.54, 1.807) is 12.1 Å². The van der Waals surface area contributed by atoms with Crippen molar-refractivity contribution in [1.29, 1.82) is 0 Å². The molecular formula is C16H19Cl2NO2. The Kier molecular flexibility index (Phi) is 6.79. The molecule has 0 saturated heterocycles. The van der Waals surface area contributed by atoms with Gasteiger partial charge in [0.1, 0.15) is 0 Å². The summed E-state index contributed by atoms with van der Waals surface area (Å²) in [6.45, 7) is 3.80. The van der Waals surface area contributed by atoms with Crippen LogP contribution in [0.4, 0.5) is 0 Å². The van der Waals surface area contributed by atoms with E-state index >= 15 is 0 Å². The molecule has 1 aromatic carbocycles. The van der Waals surface area contributed by atoms with Gasteiger partial charge in [-0.2, -0.15) is 0 Å². The van der Waals surface area contributed by atoms with Gasteiger partial charge in [0, 0.05) is 23.9 Å². The molecule has 1 N–H and O–H groups in total. The molecule has 0 amide bonds. The monoisotopic (exact) mass is 327 g/mol. The number of nitrogens with one attached hydrogen (secondary N) is 1. The number of carbonyl (C=O) groups is 1. The Balaban J connectivity index is 3.63. The first-order valence-corrected chi connectivity index (χ1v) is 7.33. The Morgan fingerprint density at radius 3 is 2.57 bits per heavy atom. The Morgan fingerprint density at radius 2 is 2.05 bits per heavy atom. The maximum absolute atomic E-state index is 12.0. The molecule has 0 fully saturated rings. The van der Waals surface area contributed by atoms with Crippen molar-refractivity contribution >= 4 is 34.7 Å². The molecule has 0 atom stereocenters. The minimum absolute atomic E-state index is 0.372. The average Bonchev–Trinajstić information content (AvgIpc) is 2.49. The number of hydrogen-bond donors (Lipinski definition) is 1. The molecule has 0 radical (unpaired) electrons. The van der Waals surface area contributed by atoms with Crippen LogP contribution in [0.5, 0.6) is 0 Å². The van der Waals surface area contributed by atoms with Gasteiger partial charge in [-0.15, -0.1) is 0 Å². The van der Waals surface area contributed by atoms with Gasteiger partial charge in [-0.05, 0) is 31.1 Å². The normalized spacial score (nSPS) is 12.8. The van der Waals surface area contributed by atoms with Gasteiger partial charge < -0.3 is 10.1 Å². The molecule has 0 saturated carbocycles. The van der Waals surface area contributed by atoms with Gasteiger partial charge in [-0.25, -0.2) is 4.79 Å². The van der Waals surface area contributed by atoms with E-state index < -0.39 is 0 Å². The average molecular weight is 328 g/mol. The number of esters is 1. The summed E-state index contributed by atoms with van der Waals surface area (Å²) in [7, 11) is 3.18. The van der Waals surface area contributed by atoms with Crippen molar-refractivity contribution in [2.75, 3.05) is 14.2 Å². The highest BCUT2D eigenvalue weighted by atomic mass is 35.5. The van der Waals surface area contributed by atoms with Crippen molar-refractivity contribution in [3.8, 4) is 0 Å². The second-order valence-electron chi connectivity index (χ2n) is 4.42. The van der Waals surface area contributed by atoms with Crippen molar-refractivity contribution in [2.24, 2.45) is 0 Å². The summed E-state index contributed by atoms with van der Waals surface area (Å²) in [5, 5.41) is 3.90. The zero-order valence-corrected chi connectivity index (χ0v) is 14.1. The molecule has 0 aliphatic carbocycles. The molecule has 3 nitrogen and oxygen atoms in total. The molecule has 21 heavy (non-hydrogen) atoms. The molecular weight excluding hydrogens is 309 g/mol. The minimum Gasteiger partial charge on any atom is -0.466 e. The van der Waals surface area contributed by atoms with Crippen LogP contribution >= 0.6 is 23.2 Å². The molecule has 0 bridgehead atoms. The number of benzene rings is 1. The molecule has 0 heterocycles. The first-order chi connectivity index (χ1) is 9.96. The Morgan fingerprint density at radius 1 is 1.38 bits per heavy atom. The maximum atomic E-state index is 12.0. The smallest absolute Gasteiger partial charge is 0.334 e. The lowest BCUT2D eigenvalue weighted by atomic mass is 9.97. The van der Waals surface area contributed by atoms with E-state index in [-0.39, 0.29) is 5.97 Å². The van der Waals surface area contributed by atoms with Gasteiger partial charge in [0.2, 0.25) is 0 Å². The van der Waals surface area contributed by atoms with Crippen molar-refractivity contribution in [3.05, 3.63) is 51.2 Å². The quantitative estimate of drug-likeness (QED) is 0.493. The Bertz CT molecular complexity index is 592. The summed E-state index contributed by atoms with van der Waals surface area (Å²) in [6, 6.07) is 5.35. The van der Waals surface area contributed by atoms with Gasteiger partial charge in [0.05, 0.1) is 17.2 Å². The highest BCUT2D eigenvalue weighted by Gasteiger charge is 2.17. The highest BCUT2D eigenvalue weighted by molar-refractivity contribution is 6.43. The van der Waals surface area contributed by atoms with E-state index in [0.29, 0.717) is 33.2 Å². The second kappa shape index (κ2) is 8.11. The Hall–Kier alpha value is -1.45. The topological polar surface area (TPSA) is 38.3 Å². The third-order valence-corrected chi connectivity index (χ3v) is 3.93. The number of hydrogen-bond acceptors (Lipinski definition) is 3. The first-order valence-electron chi connectivity index (χ1n) is 6.58. The van der Waals surface area contributed by atoms with Gasteiger partial charge in [-0.3, -0.25) is 0 Å². The van der Waals surface area contributed by atoms with E-state index in [4.69, 9.17) is 27.9 Å². The van der Waals surface area contributed by atoms with E-state index in [9.17, 15) is 4.79 Å². The number of carbonyl (C=O) groups excluding carboxylic acids is 1. The largest absolute Gasteiger partial charge is 0.466 e. The van der Waals surface area contributed by atoms with Crippen LogP contribution < -0.4 is 5.32 Å². The van der Waals surface area contributed by atoms with Crippen LogP contribution in [0.25, 0.3) is 5.57 Å². The fourth-order valence-corrected chi connectivity index (χ4v) is 2.30. The summed E-state index contributed by atoms with van der Waals surface area (Å²) in [6.07, 6.45) is 2.39. The van der Waals surface area contributed by atoms with E-state index in [1.165, 1.54) is 7.11 Å². The summed E-state index contributed by atoms with van der Waals surface area (Å²) < 4.78 is 4.87. The number of allylic oxidation sites excluding steroid dienone is 3. The SMILES string of the molecule is CC/C(C(=O)OC)=C(\C=C(\C)NC)c1cccc(Cl)c1Cl. The molecule has 0 unspecified atom stereocenters. The van der Waals surface area contributed by atoms with E-state index in [2.05, 4.69) is 5.32 Å². The summed E-state index contributed by atoms with van der Waals surface area (Å²) in [4.78, 5) is 12.0. The molecule has 0 aromatic heterocycles. The summed E-state index contributed by atoms with van der Waals surface area (Å²) in [5.41, 5.74) is 2.87. The lowest BCUT2D eigenvalue weighted by Gasteiger charge is -2.13. The van der Waals surface area contributed by atoms with E-state index in [1.807, 2.05) is 33.0 Å². The van der Waals surface area contributed by atoms with Crippen molar-refractivity contribution in [3.63, 3.8) is 0 Å². The fraction of sp³-hybridized carbons (Fsp3) is 0.312. The second-order valence-corrected chi connectivity index (χ2v) is 5.20. The van der Waals surface area contributed by atoms with Crippen LogP contribution in [0.1, 0.15) is 25.8 Å². The molecule has 1 aromatic rings. The van der Waals surface area contributed by atoms with Gasteiger partial charge in [-0.1, -0.05) is 42.3 Å². The third kappa shape index (κ3) is 4.26. The van der Waals surface area contributed by atoms with Crippen molar-refractivity contribution in [2.45, 2.75) is 20.3 Å². The minimum atomic E-state index is -0.372. The van der Waals surface area contributed by atoms with Crippen LogP contribution in [-0.4, -0.2) is 20.1 Å². The van der Waals surface area contributed by atoms with Crippen LogP contribution in [0.15, 0.2) is 35.5 Å². The molecule has 0 aliphatic heterocycles. The number of ether oxygens (including phenoxy) is 1. The first kappa shape index (κ1) is 17.6. The maximum Gasteiger partial charge on any atom is 0.334 e. The lowest BCUT2D eigenvalue weighted by molar-refractivity contribution is -0.136. The zero-order valence-electron chi connectivity index (χ0n) is 12.6.